The Hall–Kier alpha value is -4.10. The monoisotopic (exact) mass is 471 g/mol. The molecule has 0 aromatic heterocycles. The molecule has 2 aliphatic rings. The largest absolute Gasteiger partial charge is 0.482 e. The van der Waals surface area contributed by atoms with E-state index in [4.69, 9.17) is 9.47 Å². The Kier molecular flexibility index (Phi) is 6.65. The van der Waals surface area contributed by atoms with Gasteiger partial charge >= 0.3 is 0 Å². The van der Waals surface area contributed by atoms with Crippen LogP contribution < -0.4 is 15.0 Å². The van der Waals surface area contributed by atoms with E-state index in [2.05, 4.69) is 10.2 Å². The Balaban J connectivity index is 1.54. The van der Waals surface area contributed by atoms with Crippen molar-refractivity contribution in [1.29, 1.82) is 0 Å². The van der Waals surface area contributed by atoms with E-state index in [0.717, 1.165) is 31.3 Å². The van der Waals surface area contributed by atoms with E-state index >= 15 is 0 Å². The van der Waals surface area contributed by atoms with Gasteiger partial charge in [-0.05, 0) is 18.2 Å². The maximum Gasteiger partial charge on any atom is 0.277 e. The van der Waals surface area contributed by atoms with Crippen LogP contribution in [0.25, 0.3) is 0 Å². The van der Waals surface area contributed by atoms with Crippen molar-refractivity contribution >= 4 is 34.6 Å². The lowest BCUT2D eigenvalue weighted by atomic mass is 10.1. The van der Waals surface area contributed by atoms with Gasteiger partial charge in [0.15, 0.2) is 6.61 Å². The van der Waals surface area contributed by atoms with Gasteiger partial charge in [-0.1, -0.05) is 0 Å². The van der Waals surface area contributed by atoms with Crippen molar-refractivity contribution in [2.24, 2.45) is 0 Å². The molecule has 0 aliphatic carbocycles. The first-order valence-electron chi connectivity index (χ1n) is 10.4. The van der Waals surface area contributed by atoms with Gasteiger partial charge in [-0.15, -0.1) is 0 Å². The second-order valence-electron chi connectivity index (χ2n) is 7.68. The smallest absolute Gasteiger partial charge is 0.277 e. The van der Waals surface area contributed by atoms with Gasteiger partial charge in [0.1, 0.15) is 5.75 Å². The highest BCUT2D eigenvalue weighted by Gasteiger charge is 2.27. The molecule has 0 radical (unpaired) electrons. The van der Waals surface area contributed by atoms with Crippen LogP contribution in [0, 0.1) is 20.2 Å². The number of morpholine rings is 1. The van der Waals surface area contributed by atoms with Crippen LogP contribution in [0.3, 0.4) is 0 Å². The average Bonchev–Trinajstić information content (AvgIpc) is 2.83. The molecule has 1 saturated heterocycles. The van der Waals surface area contributed by atoms with E-state index < -0.39 is 27.1 Å². The minimum absolute atomic E-state index is 0.0980. The SMILES string of the molecule is O=C(Nc1ccc2c(c1)N(CCN1CCOCC1)C(=O)CO2)c1cc([N+](=O)[O-])cc([N+](=O)[O-])c1. The molecule has 2 amide bonds. The lowest BCUT2D eigenvalue weighted by molar-refractivity contribution is -0.394. The van der Waals surface area contributed by atoms with Gasteiger partial charge in [0.25, 0.3) is 23.2 Å². The molecule has 0 unspecified atom stereocenters. The summed E-state index contributed by atoms with van der Waals surface area (Å²) in [7, 11) is 0. The van der Waals surface area contributed by atoms with Crippen LogP contribution >= 0.6 is 0 Å². The standard InChI is InChI=1S/C21H21N5O8/c27-20-13-34-19-2-1-15(11-18(19)24(20)4-3-23-5-7-33-8-6-23)22-21(28)14-9-16(25(29)30)12-17(10-14)26(31)32/h1-2,9-12H,3-8,13H2,(H,22,28). The van der Waals surface area contributed by atoms with Crippen molar-refractivity contribution in [1.82, 2.24) is 4.90 Å². The molecule has 2 aromatic rings. The molecule has 13 heteroatoms. The predicted octanol–water partition coefficient (Wildman–Crippen LogP) is 1.81. The number of amides is 2. The number of hydrogen-bond acceptors (Lipinski definition) is 9. The van der Waals surface area contributed by atoms with E-state index in [1.807, 2.05) is 0 Å². The minimum Gasteiger partial charge on any atom is -0.482 e. The highest BCUT2D eigenvalue weighted by molar-refractivity contribution is 6.06. The third kappa shape index (κ3) is 5.10. The number of hydrogen-bond donors (Lipinski definition) is 1. The van der Waals surface area contributed by atoms with Crippen molar-refractivity contribution in [3.8, 4) is 5.75 Å². The number of fused-ring (bicyclic) bond motifs is 1. The summed E-state index contributed by atoms with van der Waals surface area (Å²) >= 11 is 0. The van der Waals surface area contributed by atoms with Crippen LogP contribution in [0.5, 0.6) is 5.75 Å². The van der Waals surface area contributed by atoms with E-state index in [-0.39, 0.29) is 18.1 Å². The van der Waals surface area contributed by atoms with Gasteiger partial charge in [0, 0.05) is 44.0 Å². The first-order valence-corrected chi connectivity index (χ1v) is 10.4. The molecule has 1 fully saturated rings. The van der Waals surface area contributed by atoms with Crippen molar-refractivity contribution in [2.75, 3.05) is 56.2 Å². The number of benzene rings is 2. The Morgan fingerprint density at radius 3 is 2.32 bits per heavy atom. The summed E-state index contributed by atoms with van der Waals surface area (Å²) in [6.45, 7) is 3.79. The maximum absolute atomic E-state index is 12.7. The third-order valence-electron chi connectivity index (χ3n) is 5.49. The van der Waals surface area contributed by atoms with E-state index in [1.165, 1.54) is 0 Å². The number of nitrogens with one attached hydrogen (secondary N) is 1. The molecule has 4 rings (SSSR count). The Morgan fingerprint density at radius 1 is 1.00 bits per heavy atom. The van der Waals surface area contributed by atoms with E-state index in [1.54, 1.807) is 23.1 Å². The van der Waals surface area contributed by atoms with Crippen molar-refractivity contribution in [3.63, 3.8) is 0 Å². The number of carbonyl (C=O) groups excluding carboxylic acids is 2. The van der Waals surface area contributed by atoms with Crippen molar-refractivity contribution in [2.45, 2.75) is 0 Å². The highest BCUT2D eigenvalue weighted by atomic mass is 16.6. The Morgan fingerprint density at radius 2 is 1.68 bits per heavy atom. The maximum atomic E-state index is 12.7. The summed E-state index contributed by atoms with van der Waals surface area (Å²) in [6.07, 6.45) is 0. The topological polar surface area (TPSA) is 157 Å². The first-order chi connectivity index (χ1) is 16.3. The summed E-state index contributed by atoms with van der Waals surface area (Å²) in [4.78, 5) is 49.6. The first kappa shape index (κ1) is 23.1. The van der Waals surface area contributed by atoms with Gasteiger partial charge in [-0.3, -0.25) is 34.7 Å². The molecule has 0 saturated carbocycles. The number of carbonyl (C=O) groups is 2. The summed E-state index contributed by atoms with van der Waals surface area (Å²) in [5.41, 5.74) is -0.605. The Labute approximate surface area is 193 Å². The fraction of sp³-hybridized carbons (Fsp3) is 0.333. The third-order valence-corrected chi connectivity index (χ3v) is 5.49. The number of non-ortho nitro benzene ring substituents is 2. The van der Waals surface area contributed by atoms with Crippen LogP contribution in [0.15, 0.2) is 36.4 Å². The molecule has 0 atom stereocenters. The summed E-state index contributed by atoms with van der Waals surface area (Å²) < 4.78 is 10.8. The lowest BCUT2D eigenvalue weighted by Gasteiger charge is -2.33. The summed E-state index contributed by atoms with van der Waals surface area (Å²) in [5, 5.41) is 24.8. The molecule has 2 aromatic carbocycles. The molecule has 0 spiro atoms. The fourth-order valence-corrected chi connectivity index (χ4v) is 3.73. The number of nitro benzene ring substituents is 2. The minimum atomic E-state index is -0.808. The van der Waals surface area contributed by atoms with Crippen LogP contribution in [0.4, 0.5) is 22.7 Å². The molecule has 2 heterocycles. The Bertz CT molecular complexity index is 1120. The van der Waals surface area contributed by atoms with Gasteiger partial charge < -0.3 is 19.7 Å². The summed E-state index contributed by atoms with van der Waals surface area (Å²) in [6, 6.07) is 7.43. The number of nitrogens with zero attached hydrogens (tertiary/aromatic N) is 4. The number of ether oxygens (including phenoxy) is 2. The molecular formula is C21H21N5O8. The zero-order valence-electron chi connectivity index (χ0n) is 18.0. The van der Waals surface area contributed by atoms with Crippen LogP contribution in [-0.4, -0.2) is 72.6 Å². The second kappa shape index (κ2) is 9.80. The second-order valence-corrected chi connectivity index (χ2v) is 7.68. The van der Waals surface area contributed by atoms with Gasteiger partial charge in [-0.25, -0.2) is 0 Å². The molecule has 34 heavy (non-hydrogen) atoms. The molecule has 1 N–H and O–H groups in total. The van der Waals surface area contributed by atoms with Gasteiger partial charge in [0.05, 0.1) is 40.4 Å². The zero-order chi connectivity index (χ0) is 24.2. The van der Waals surface area contributed by atoms with Crippen molar-refractivity contribution < 1.29 is 28.9 Å². The predicted molar refractivity (Wildman–Crippen MR) is 119 cm³/mol. The number of nitro groups is 2. The van der Waals surface area contributed by atoms with E-state index in [0.29, 0.717) is 43.4 Å². The van der Waals surface area contributed by atoms with Crippen LogP contribution in [0.2, 0.25) is 0 Å². The van der Waals surface area contributed by atoms with Gasteiger partial charge in [-0.2, -0.15) is 0 Å². The van der Waals surface area contributed by atoms with Crippen LogP contribution in [0.1, 0.15) is 10.4 Å². The molecule has 2 aliphatic heterocycles. The zero-order valence-corrected chi connectivity index (χ0v) is 18.0. The number of rotatable bonds is 7. The fourth-order valence-electron chi connectivity index (χ4n) is 3.73. The number of anilines is 2. The van der Waals surface area contributed by atoms with Gasteiger partial charge in [0.2, 0.25) is 0 Å². The average molecular weight is 471 g/mol. The highest BCUT2D eigenvalue weighted by Crippen LogP contribution is 2.35. The lowest BCUT2D eigenvalue weighted by Crippen LogP contribution is -2.45. The molecule has 0 bridgehead atoms. The molecule has 178 valence electrons. The quantitative estimate of drug-likeness (QED) is 0.470. The summed E-state index contributed by atoms with van der Waals surface area (Å²) in [5.74, 6) is -0.515. The normalized spacial score (nSPS) is 15.9. The molecule has 13 nitrogen and oxygen atoms in total. The van der Waals surface area contributed by atoms with E-state index in [9.17, 15) is 29.8 Å². The molecular weight excluding hydrogens is 450 g/mol. The van der Waals surface area contributed by atoms with Crippen molar-refractivity contribution in [3.05, 3.63) is 62.2 Å². The van der Waals surface area contributed by atoms with Crippen LogP contribution in [-0.2, 0) is 9.53 Å².